The van der Waals surface area contributed by atoms with Crippen LogP contribution in [0.25, 0.3) is 11.1 Å². The Morgan fingerprint density at radius 2 is 1.89 bits per heavy atom. The van der Waals surface area contributed by atoms with Gasteiger partial charge in [-0.25, -0.2) is 0 Å². The van der Waals surface area contributed by atoms with E-state index in [9.17, 15) is 9.59 Å². The molecule has 148 valence electrons. The van der Waals surface area contributed by atoms with Gasteiger partial charge in [0.15, 0.2) is 0 Å². The maximum atomic E-state index is 13.0. The molecule has 7 heteroatoms. The van der Waals surface area contributed by atoms with Crippen molar-refractivity contribution in [3.63, 3.8) is 0 Å². The molecule has 1 aromatic heterocycles. The molecule has 1 aliphatic heterocycles. The fourth-order valence-corrected chi connectivity index (χ4v) is 4.72. The number of hydrogen-bond acceptors (Lipinski definition) is 3. The standard InChI is InChI=1S/C21H25BrN4O2/c1-13-19(14-7-9-16(22)10-8-14)20(25(2)24-13)23-21(28)15-11-18(27)26(12-15)17-5-3-4-6-17/h7-10,15,17H,3-6,11-12H2,1-2H3,(H,23,28). The van der Waals surface area contributed by atoms with E-state index < -0.39 is 0 Å². The molecular formula is C21H25BrN4O2. The van der Waals surface area contributed by atoms with Gasteiger partial charge in [-0.05, 0) is 37.5 Å². The molecule has 1 saturated heterocycles. The largest absolute Gasteiger partial charge is 0.339 e. The second-order valence-electron chi connectivity index (χ2n) is 7.81. The first-order chi connectivity index (χ1) is 13.4. The topological polar surface area (TPSA) is 67.2 Å². The first kappa shape index (κ1) is 19.2. The van der Waals surface area contributed by atoms with Crippen LogP contribution in [0, 0.1) is 12.8 Å². The third-order valence-electron chi connectivity index (χ3n) is 5.89. The highest BCUT2D eigenvalue weighted by Gasteiger charge is 2.39. The van der Waals surface area contributed by atoms with Crippen molar-refractivity contribution in [3.05, 3.63) is 34.4 Å². The summed E-state index contributed by atoms with van der Waals surface area (Å²) in [5.41, 5.74) is 2.77. The van der Waals surface area contributed by atoms with Crippen LogP contribution in [0.5, 0.6) is 0 Å². The molecule has 2 fully saturated rings. The molecule has 0 spiro atoms. The summed E-state index contributed by atoms with van der Waals surface area (Å²) in [6, 6.07) is 8.28. The Morgan fingerprint density at radius 1 is 1.21 bits per heavy atom. The van der Waals surface area contributed by atoms with Crippen molar-refractivity contribution in [3.8, 4) is 11.1 Å². The van der Waals surface area contributed by atoms with Gasteiger partial charge in [-0.3, -0.25) is 14.3 Å². The molecule has 2 amide bonds. The molecular weight excluding hydrogens is 420 g/mol. The summed E-state index contributed by atoms with van der Waals surface area (Å²) in [6.07, 6.45) is 4.78. The van der Waals surface area contributed by atoms with Gasteiger partial charge in [0.25, 0.3) is 0 Å². The normalized spacial score (nSPS) is 20.2. The lowest BCUT2D eigenvalue weighted by Gasteiger charge is -2.23. The van der Waals surface area contributed by atoms with Crippen LogP contribution in [0.15, 0.2) is 28.7 Å². The van der Waals surface area contributed by atoms with E-state index in [0.29, 0.717) is 24.8 Å². The highest BCUT2D eigenvalue weighted by atomic mass is 79.9. The van der Waals surface area contributed by atoms with E-state index in [0.717, 1.165) is 34.1 Å². The SMILES string of the molecule is Cc1nn(C)c(NC(=O)C2CC(=O)N(C3CCCC3)C2)c1-c1ccc(Br)cc1. The first-order valence-electron chi connectivity index (χ1n) is 9.84. The van der Waals surface area contributed by atoms with Crippen LogP contribution in [0.3, 0.4) is 0 Å². The van der Waals surface area contributed by atoms with Crippen molar-refractivity contribution in [2.24, 2.45) is 13.0 Å². The van der Waals surface area contributed by atoms with E-state index >= 15 is 0 Å². The predicted octanol–water partition coefficient (Wildman–Crippen LogP) is 3.89. The van der Waals surface area contributed by atoms with Crippen LogP contribution in [0.4, 0.5) is 5.82 Å². The van der Waals surface area contributed by atoms with Gasteiger partial charge in [0.1, 0.15) is 5.82 Å². The Morgan fingerprint density at radius 3 is 2.57 bits per heavy atom. The molecule has 1 unspecified atom stereocenters. The fraction of sp³-hybridized carbons (Fsp3) is 0.476. The zero-order valence-electron chi connectivity index (χ0n) is 16.2. The van der Waals surface area contributed by atoms with Crippen LogP contribution < -0.4 is 5.32 Å². The number of carbonyl (C=O) groups is 2. The van der Waals surface area contributed by atoms with Gasteiger partial charge in [-0.2, -0.15) is 5.10 Å². The zero-order valence-corrected chi connectivity index (χ0v) is 17.8. The van der Waals surface area contributed by atoms with Crippen LogP contribution in [-0.2, 0) is 16.6 Å². The molecule has 4 rings (SSSR count). The number of carbonyl (C=O) groups excluding carboxylic acids is 2. The molecule has 2 aromatic rings. The molecule has 0 radical (unpaired) electrons. The number of rotatable bonds is 4. The minimum atomic E-state index is -0.305. The third-order valence-corrected chi connectivity index (χ3v) is 6.42. The second kappa shape index (κ2) is 7.70. The van der Waals surface area contributed by atoms with Gasteiger partial charge in [0, 0.05) is 36.1 Å². The van der Waals surface area contributed by atoms with Crippen molar-refractivity contribution >= 4 is 33.6 Å². The number of aromatic nitrogens is 2. The smallest absolute Gasteiger partial charge is 0.230 e. The van der Waals surface area contributed by atoms with Gasteiger partial charge in [0.2, 0.25) is 11.8 Å². The number of aryl methyl sites for hydroxylation is 2. The van der Waals surface area contributed by atoms with Crippen LogP contribution in [-0.4, -0.2) is 39.1 Å². The number of amides is 2. The van der Waals surface area contributed by atoms with E-state index in [2.05, 4.69) is 26.3 Å². The van der Waals surface area contributed by atoms with Crippen molar-refractivity contribution in [2.45, 2.75) is 45.1 Å². The monoisotopic (exact) mass is 444 g/mol. The number of halogens is 1. The average molecular weight is 445 g/mol. The fourth-order valence-electron chi connectivity index (χ4n) is 4.46. The zero-order chi connectivity index (χ0) is 19.8. The highest BCUT2D eigenvalue weighted by Crippen LogP contribution is 2.34. The summed E-state index contributed by atoms with van der Waals surface area (Å²) < 4.78 is 2.70. The van der Waals surface area contributed by atoms with E-state index in [4.69, 9.17) is 0 Å². The van der Waals surface area contributed by atoms with Gasteiger partial charge >= 0.3 is 0 Å². The molecule has 2 heterocycles. The van der Waals surface area contributed by atoms with E-state index in [-0.39, 0.29) is 17.7 Å². The number of hydrogen-bond donors (Lipinski definition) is 1. The lowest BCUT2D eigenvalue weighted by atomic mass is 10.0. The number of likely N-dealkylation sites (tertiary alicyclic amines) is 1. The Bertz CT molecular complexity index is 900. The Hall–Kier alpha value is -2.15. The minimum Gasteiger partial charge on any atom is -0.339 e. The summed E-state index contributed by atoms with van der Waals surface area (Å²) in [5.74, 6) is 0.384. The van der Waals surface area contributed by atoms with Crippen LogP contribution in [0.2, 0.25) is 0 Å². The van der Waals surface area contributed by atoms with Crippen molar-refractivity contribution in [1.29, 1.82) is 0 Å². The van der Waals surface area contributed by atoms with Crippen molar-refractivity contribution < 1.29 is 9.59 Å². The molecule has 28 heavy (non-hydrogen) atoms. The molecule has 2 aliphatic rings. The van der Waals surface area contributed by atoms with Crippen molar-refractivity contribution in [2.75, 3.05) is 11.9 Å². The van der Waals surface area contributed by atoms with Gasteiger partial charge in [0.05, 0.1) is 11.6 Å². The molecule has 0 bridgehead atoms. The molecule has 6 nitrogen and oxygen atoms in total. The van der Waals surface area contributed by atoms with Gasteiger partial charge in [-0.15, -0.1) is 0 Å². The molecule has 1 aromatic carbocycles. The summed E-state index contributed by atoms with van der Waals surface area (Å²) >= 11 is 3.46. The Balaban J connectivity index is 1.54. The maximum Gasteiger partial charge on any atom is 0.230 e. The number of anilines is 1. The van der Waals surface area contributed by atoms with Gasteiger partial charge in [-0.1, -0.05) is 40.9 Å². The quantitative estimate of drug-likeness (QED) is 0.777. The minimum absolute atomic E-state index is 0.102. The summed E-state index contributed by atoms with van der Waals surface area (Å²) in [5, 5.41) is 7.55. The number of nitrogens with zero attached hydrogens (tertiary/aromatic N) is 3. The lowest BCUT2D eigenvalue weighted by Crippen LogP contribution is -2.35. The lowest BCUT2D eigenvalue weighted by molar-refractivity contribution is -0.129. The Labute approximate surface area is 173 Å². The van der Waals surface area contributed by atoms with Crippen LogP contribution >= 0.6 is 15.9 Å². The number of benzene rings is 1. The summed E-state index contributed by atoms with van der Waals surface area (Å²) in [6.45, 7) is 2.47. The third kappa shape index (κ3) is 3.60. The average Bonchev–Trinajstić information content (AvgIpc) is 3.36. The number of nitrogens with one attached hydrogen (secondary N) is 1. The molecule has 1 aliphatic carbocycles. The van der Waals surface area contributed by atoms with Gasteiger partial charge < -0.3 is 10.2 Å². The summed E-state index contributed by atoms with van der Waals surface area (Å²) in [7, 11) is 1.83. The predicted molar refractivity (Wildman–Crippen MR) is 112 cm³/mol. The Kier molecular flexibility index (Phi) is 5.27. The highest BCUT2D eigenvalue weighted by molar-refractivity contribution is 9.10. The second-order valence-corrected chi connectivity index (χ2v) is 8.73. The van der Waals surface area contributed by atoms with E-state index in [1.807, 2.05) is 43.1 Å². The van der Waals surface area contributed by atoms with E-state index in [1.54, 1.807) is 4.68 Å². The van der Waals surface area contributed by atoms with E-state index in [1.165, 1.54) is 12.8 Å². The van der Waals surface area contributed by atoms with Crippen molar-refractivity contribution in [1.82, 2.24) is 14.7 Å². The maximum absolute atomic E-state index is 13.0. The molecule has 1 N–H and O–H groups in total. The molecule has 1 saturated carbocycles. The van der Waals surface area contributed by atoms with Crippen LogP contribution in [0.1, 0.15) is 37.8 Å². The first-order valence-corrected chi connectivity index (χ1v) is 10.6. The summed E-state index contributed by atoms with van der Waals surface area (Å²) in [4.78, 5) is 27.4. The molecule has 1 atom stereocenters.